The van der Waals surface area contributed by atoms with Crippen molar-refractivity contribution in [3.05, 3.63) is 83.8 Å². The number of hydrogen-bond donors (Lipinski definition) is 2. The number of ether oxygens (including phenoxy) is 1. The van der Waals surface area contributed by atoms with Gasteiger partial charge in [-0.05, 0) is 63.1 Å². The first-order valence-corrected chi connectivity index (χ1v) is 11.7. The number of allylic oxidation sites excluding steroid dienone is 1. The number of aromatic nitrogens is 1. The molecule has 3 aromatic rings. The van der Waals surface area contributed by atoms with Crippen LogP contribution in [0.1, 0.15) is 36.4 Å². The minimum atomic E-state index is -1.38. The van der Waals surface area contributed by atoms with E-state index in [-0.39, 0.29) is 10.5 Å². The Morgan fingerprint density at radius 3 is 2.50 bits per heavy atom. The lowest BCUT2D eigenvalue weighted by Crippen LogP contribution is -2.52. The largest absolute Gasteiger partial charge is 0.478 e. The van der Waals surface area contributed by atoms with Gasteiger partial charge in [-0.1, -0.05) is 24.3 Å². The van der Waals surface area contributed by atoms with Gasteiger partial charge >= 0.3 is 12.0 Å². The van der Waals surface area contributed by atoms with Gasteiger partial charge in [-0.2, -0.15) is 0 Å². The maximum Gasteiger partial charge on any atom is 0.416 e. The van der Waals surface area contributed by atoms with Crippen LogP contribution in [0.4, 0.5) is 4.79 Å². The highest BCUT2D eigenvalue weighted by atomic mass is 16.5. The average Bonchev–Trinajstić information content (AvgIpc) is 3.20. The fourth-order valence-electron chi connectivity index (χ4n) is 3.95. The molecule has 1 heterocycles. The second-order valence-electron chi connectivity index (χ2n) is 9.51. The van der Waals surface area contributed by atoms with Crippen LogP contribution in [0.3, 0.4) is 0 Å². The van der Waals surface area contributed by atoms with Gasteiger partial charge in [0.1, 0.15) is 30.3 Å². The Morgan fingerprint density at radius 2 is 1.89 bits per heavy atom. The van der Waals surface area contributed by atoms with Crippen molar-refractivity contribution in [3.8, 4) is 17.2 Å². The third kappa shape index (κ3) is 6.01. The van der Waals surface area contributed by atoms with Gasteiger partial charge in [0.05, 0.1) is 7.05 Å². The van der Waals surface area contributed by atoms with Crippen molar-refractivity contribution in [2.45, 2.75) is 45.9 Å². The summed E-state index contributed by atoms with van der Waals surface area (Å²) in [6.45, 7) is 9.36. The van der Waals surface area contributed by atoms with Crippen molar-refractivity contribution in [1.82, 2.24) is 10.3 Å². The second-order valence-corrected chi connectivity index (χ2v) is 9.51. The lowest BCUT2D eigenvalue weighted by Gasteiger charge is -2.31. The molecule has 0 fully saturated rings. The summed E-state index contributed by atoms with van der Waals surface area (Å²) >= 11 is 0. The lowest BCUT2D eigenvalue weighted by atomic mass is 10.0. The van der Waals surface area contributed by atoms with Gasteiger partial charge in [-0.3, -0.25) is 0 Å². The normalized spacial score (nSPS) is 13.0. The summed E-state index contributed by atoms with van der Waals surface area (Å²) in [6, 6.07) is 15.0. The van der Waals surface area contributed by atoms with Crippen molar-refractivity contribution in [3.63, 3.8) is 0 Å². The predicted molar refractivity (Wildman–Crippen MR) is 137 cm³/mol. The molecule has 190 valence electrons. The zero-order chi connectivity index (χ0) is 26.5. The van der Waals surface area contributed by atoms with E-state index in [0.717, 1.165) is 16.7 Å². The highest BCUT2D eigenvalue weighted by Gasteiger charge is 2.35. The molecular formula is C28H34N3O5+. The molecule has 3 rings (SSSR count). The number of nitrogens with one attached hydrogen (secondary N) is 1. The molecule has 1 unspecified atom stereocenters. The molecule has 0 saturated carbocycles. The minimum absolute atomic E-state index is 0.00640. The Morgan fingerprint density at radius 1 is 1.19 bits per heavy atom. The van der Waals surface area contributed by atoms with E-state index < -0.39 is 11.6 Å². The molecule has 8 nitrogen and oxygen atoms in total. The summed E-state index contributed by atoms with van der Waals surface area (Å²) in [6.07, 6.45) is 2.22. The number of nitrogens with zero attached hydrogens (tertiary/aromatic N) is 2. The van der Waals surface area contributed by atoms with Gasteiger partial charge in [-0.25, -0.2) is 19.1 Å². The Hall–Kier alpha value is -3.91. The molecule has 0 aliphatic rings. The first-order chi connectivity index (χ1) is 17.0. The number of amides is 2. The number of aryl methyl sites for hydroxylation is 1. The van der Waals surface area contributed by atoms with E-state index in [9.17, 15) is 14.7 Å². The van der Waals surface area contributed by atoms with Crippen LogP contribution in [0.2, 0.25) is 0 Å². The third-order valence-electron chi connectivity index (χ3n) is 6.02. The van der Waals surface area contributed by atoms with Gasteiger partial charge in [0.2, 0.25) is 5.89 Å². The molecule has 2 aromatic carbocycles. The summed E-state index contributed by atoms with van der Waals surface area (Å²) in [4.78, 5) is 29.3. The zero-order valence-corrected chi connectivity index (χ0v) is 21.5. The number of benzene rings is 2. The molecule has 2 amide bonds. The van der Waals surface area contributed by atoms with Crippen molar-refractivity contribution in [2.24, 2.45) is 0 Å². The van der Waals surface area contributed by atoms with E-state index in [2.05, 4.69) is 11.9 Å². The van der Waals surface area contributed by atoms with Crippen LogP contribution in [0.25, 0.3) is 11.5 Å². The fourth-order valence-corrected chi connectivity index (χ4v) is 3.95. The molecule has 8 heteroatoms. The SMILES string of the molecule is C=CCc1cc(C[N+](C)(Cc2nc(-c3ccccc3)oc2C)C(=O)NC)ccc1OC(C)(C)C(=O)O. The van der Waals surface area contributed by atoms with Gasteiger partial charge < -0.3 is 19.6 Å². The Bertz CT molecular complexity index is 1250. The van der Waals surface area contributed by atoms with Crippen LogP contribution in [0.5, 0.6) is 5.75 Å². The highest BCUT2D eigenvalue weighted by Crippen LogP contribution is 2.29. The number of aliphatic carboxylic acids is 1. The van der Waals surface area contributed by atoms with E-state index in [4.69, 9.17) is 14.1 Å². The highest BCUT2D eigenvalue weighted by molar-refractivity contribution is 5.76. The molecule has 36 heavy (non-hydrogen) atoms. The Balaban J connectivity index is 1.92. The maximum absolute atomic E-state index is 13.1. The van der Waals surface area contributed by atoms with Crippen molar-refractivity contribution < 1.29 is 28.3 Å². The van der Waals surface area contributed by atoms with Crippen LogP contribution in [0.15, 0.2) is 65.6 Å². The number of carboxylic acid groups (broad SMARTS) is 1. The Kier molecular flexibility index (Phi) is 8.00. The predicted octanol–water partition coefficient (Wildman–Crippen LogP) is 5.11. The van der Waals surface area contributed by atoms with E-state index >= 15 is 0 Å². The summed E-state index contributed by atoms with van der Waals surface area (Å²) in [5.41, 5.74) is 1.88. The molecular weight excluding hydrogens is 458 g/mol. The molecule has 0 aliphatic carbocycles. The maximum atomic E-state index is 13.1. The van der Waals surface area contributed by atoms with Crippen molar-refractivity contribution >= 4 is 12.0 Å². The molecule has 0 radical (unpaired) electrons. The van der Waals surface area contributed by atoms with E-state index in [1.807, 2.05) is 56.4 Å². The molecule has 0 spiro atoms. The number of urea groups is 1. The summed E-state index contributed by atoms with van der Waals surface area (Å²) in [5.74, 6) is 0.592. The number of rotatable bonds is 10. The molecule has 0 aliphatic heterocycles. The third-order valence-corrected chi connectivity index (χ3v) is 6.02. The minimum Gasteiger partial charge on any atom is -0.478 e. The molecule has 0 bridgehead atoms. The van der Waals surface area contributed by atoms with Crippen molar-refractivity contribution in [2.75, 3.05) is 14.1 Å². The van der Waals surface area contributed by atoms with E-state index in [1.54, 1.807) is 19.2 Å². The van der Waals surface area contributed by atoms with Gasteiger partial charge in [-0.15, -0.1) is 6.58 Å². The van der Waals surface area contributed by atoms with E-state index in [0.29, 0.717) is 42.6 Å². The first-order valence-electron chi connectivity index (χ1n) is 11.7. The van der Waals surface area contributed by atoms with E-state index in [1.165, 1.54) is 13.8 Å². The molecule has 2 N–H and O–H groups in total. The first kappa shape index (κ1) is 26.7. The fraction of sp³-hybridized carbons (Fsp3) is 0.321. The van der Waals surface area contributed by atoms with Crippen LogP contribution in [-0.2, 0) is 24.3 Å². The van der Waals surface area contributed by atoms with Gasteiger partial charge in [0, 0.05) is 18.2 Å². The number of carbonyl (C=O) groups is 2. The van der Waals surface area contributed by atoms with Crippen LogP contribution in [0, 0.1) is 6.92 Å². The number of carboxylic acids is 1. The van der Waals surface area contributed by atoms with Crippen molar-refractivity contribution in [1.29, 1.82) is 0 Å². The molecule has 0 saturated heterocycles. The monoisotopic (exact) mass is 492 g/mol. The standard InChI is InChI=1S/C28H33N3O5/c1-7-11-22-16-20(14-15-24(22)36-28(3,4)26(32)33)17-31(6,27(34)29-5)18-23-19(2)35-25(30-23)21-12-9-8-10-13-21/h7-10,12-16H,1,11,17-18H2,2-6H3,(H-,29,32,33,34)/p+1. The number of carbonyl (C=O) groups excluding carboxylic acids is 1. The van der Waals surface area contributed by atoms with Gasteiger partial charge in [0.15, 0.2) is 5.60 Å². The summed E-state index contributed by atoms with van der Waals surface area (Å²) < 4.78 is 11.7. The quantitative estimate of drug-likeness (QED) is 0.301. The summed E-state index contributed by atoms with van der Waals surface area (Å²) in [5, 5.41) is 12.2. The van der Waals surface area contributed by atoms with Crippen LogP contribution >= 0.6 is 0 Å². The molecule has 1 atom stereocenters. The Labute approximate surface area is 211 Å². The topological polar surface area (TPSA) is 102 Å². The zero-order valence-electron chi connectivity index (χ0n) is 21.5. The van der Waals surface area contributed by atoms with Crippen LogP contribution in [-0.4, -0.2) is 46.3 Å². The molecule has 1 aromatic heterocycles. The van der Waals surface area contributed by atoms with Crippen LogP contribution < -0.4 is 10.1 Å². The number of oxazole rings is 1. The number of hydrogen-bond acceptors (Lipinski definition) is 5. The lowest BCUT2D eigenvalue weighted by molar-refractivity contribution is -0.858. The smallest absolute Gasteiger partial charge is 0.416 e. The van der Waals surface area contributed by atoms with Gasteiger partial charge in [0.25, 0.3) is 0 Å². The second kappa shape index (κ2) is 10.8. The summed E-state index contributed by atoms with van der Waals surface area (Å²) in [7, 11) is 3.46. The average molecular weight is 493 g/mol. The number of quaternary nitrogens is 1.